The molecule has 0 unspecified atom stereocenters. The first-order valence-electron chi connectivity index (χ1n) is 4.85. The molecule has 2 aromatic rings. The van der Waals surface area contributed by atoms with Crippen molar-refractivity contribution in [2.24, 2.45) is 0 Å². The van der Waals surface area contributed by atoms with Crippen LogP contribution in [0.15, 0.2) is 23.4 Å². The summed E-state index contributed by atoms with van der Waals surface area (Å²) in [5.74, 6) is -0.0670. The highest BCUT2D eigenvalue weighted by molar-refractivity contribution is 7.92. The summed E-state index contributed by atoms with van der Waals surface area (Å²) in [5.41, 5.74) is 6.40. The van der Waals surface area contributed by atoms with Gasteiger partial charge in [-0.3, -0.25) is 4.72 Å². The van der Waals surface area contributed by atoms with Crippen molar-refractivity contribution in [3.8, 4) is 0 Å². The van der Waals surface area contributed by atoms with E-state index in [9.17, 15) is 8.42 Å². The summed E-state index contributed by atoms with van der Waals surface area (Å²) in [6.07, 6.45) is 0. The van der Waals surface area contributed by atoms with Crippen LogP contribution in [0.5, 0.6) is 0 Å². The molecule has 1 aromatic carbocycles. The van der Waals surface area contributed by atoms with E-state index < -0.39 is 15.2 Å². The summed E-state index contributed by atoms with van der Waals surface area (Å²) >= 11 is 5.85. The van der Waals surface area contributed by atoms with Crippen molar-refractivity contribution in [3.05, 3.63) is 28.8 Å². The third kappa shape index (κ3) is 2.54. The van der Waals surface area contributed by atoms with Crippen LogP contribution in [-0.4, -0.2) is 23.6 Å². The molecule has 0 saturated carbocycles. The number of aromatic amines is 1. The Bertz CT molecular complexity index is 682. The fraction of sp³-hybridized carbons (Fsp3) is 0.111. The molecule has 7 nitrogen and oxygen atoms in total. The second kappa shape index (κ2) is 4.46. The summed E-state index contributed by atoms with van der Waals surface area (Å²) in [6, 6.07) is 4.75. The van der Waals surface area contributed by atoms with Crippen LogP contribution in [0.3, 0.4) is 0 Å². The summed E-state index contributed by atoms with van der Waals surface area (Å²) in [6.45, 7) is 1.77. The van der Waals surface area contributed by atoms with Gasteiger partial charge in [-0.05, 0) is 30.7 Å². The standard InChI is InChI=1S/C9H10ClN5O2S/c1-5-4-6(2-3-7(5)10)15-18(16,17)9-12-8(11)13-14-9/h2-4,15H,1H3,(H3,11,12,13,14). The molecule has 1 aromatic heterocycles. The molecule has 0 bridgehead atoms. The summed E-state index contributed by atoms with van der Waals surface area (Å²) in [7, 11) is -3.85. The topological polar surface area (TPSA) is 114 Å². The van der Waals surface area contributed by atoms with Gasteiger partial charge in [-0.15, -0.1) is 5.10 Å². The van der Waals surface area contributed by atoms with Crippen molar-refractivity contribution in [1.82, 2.24) is 15.2 Å². The van der Waals surface area contributed by atoms with Gasteiger partial charge in [0.15, 0.2) is 0 Å². The molecule has 0 fully saturated rings. The Hall–Kier alpha value is -1.80. The van der Waals surface area contributed by atoms with E-state index in [0.29, 0.717) is 10.7 Å². The van der Waals surface area contributed by atoms with Gasteiger partial charge in [-0.25, -0.2) is 5.10 Å². The number of hydrogen-bond donors (Lipinski definition) is 3. The van der Waals surface area contributed by atoms with E-state index in [0.717, 1.165) is 5.56 Å². The average Bonchev–Trinajstić information content (AvgIpc) is 2.71. The molecule has 0 atom stereocenters. The van der Waals surface area contributed by atoms with E-state index in [1.165, 1.54) is 0 Å². The van der Waals surface area contributed by atoms with E-state index in [1.54, 1.807) is 25.1 Å². The largest absolute Gasteiger partial charge is 0.368 e. The third-order valence-electron chi connectivity index (χ3n) is 2.13. The minimum Gasteiger partial charge on any atom is -0.368 e. The number of H-pyrrole nitrogens is 1. The van der Waals surface area contributed by atoms with Crippen LogP contribution in [0.1, 0.15) is 5.56 Å². The van der Waals surface area contributed by atoms with E-state index in [4.69, 9.17) is 17.3 Å². The molecule has 0 aliphatic carbocycles. The molecular formula is C9H10ClN5O2S. The predicted octanol–water partition coefficient (Wildman–Crippen LogP) is 1.15. The van der Waals surface area contributed by atoms with Gasteiger partial charge in [0.2, 0.25) is 5.95 Å². The van der Waals surface area contributed by atoms with Crippen molar-refractivity contribution in [3.63, 3.8) is 0 Å². The van der Waals surface area contributed by atoms with Crippen LogP contribution in [0.2, 0.25) is 5.02 Å². The number of rotatable bonds is 3. The molecule has 1 heterocycles. The third-order valence-corrected chi connectivity index (χ3v) is 3.72. The fourth-order valence-electron chi connectivity index (χ4n) is 1.29. The zero-order valence-corrected chi connectivity index (χ0v) is 10.9. The van der Waals surface area contributed by atoms with Gasteiger partial charge >= 0.3 is 0 Å². The summed E-state index contributed by atoms with van der Waals surface area (Å²) in [4.78, 5) is 3.55. The highest BCUT2D eigenvalue weighted by Gasteiger charge is 2.19. The number of aromatic nitrogens is 3. The first kappa shape index (κ1) is 12.7. The lowest BCUT2D eigenvalue weighted by atomic mass is 10.2. The molecule has 96 valence electrons. The summed E-state index contributed by atoms with van der Waals surface area (Å²) in [5, 5.41) is 5.89. The van der Waals surface area contributed by atoms with E-state index in [1.807, 2.05) is 0 Å². The molecule has 0 spiro atoms. The minimum absolute atomic E-state index is 0.0670. The quantitative estimate of drug-likeness (QED) is 0.783. The van der Waals surface area contributed by atoms with Gasteiger partial charge in [-0.2, -0.15) is 13.4 Å². The van der Waals surface area contributed by atoms with Crippen molar-refractivity contribution < 1.29 is 8.42 Å². The maximum absolute atomic E-state index is 11.9. The zero-order chi connectivity index (χ0) is 13.3. The number of sulfonamides is 1. The van der Waals surface area contributed by atoms with Crippen molar-refractivity contribution >= 4 is 33.3 Å². The SMILES string of the molecule is Cc1cc(NS(=O)(=O)c2n[nH]c(N)n2)ccc1Cl. The number of nitrogens with one attached hydrogen (secondary N) is 2. The predicted molar refractivity (Wildman–Crippen MR) is 67.8 cm³/mol. The number of nitrogen functional groups attached to an aromatic ring is 1. The van der Waals surface area contributed by atoms with Gasteiger partial charge in [0, 0.05) is 10.7 Å². The van der Waals surface area contributed by atoms with Crippen LogP contribution in [-0.2, 0) is 10.0 Å². The first-order chi connectivity index (χ1) is 8.38. The highest BCUT2D eigenvalue weighted by Crippen LogP contribution is 2.21. The lowest BCUT2D eigenvalue weighted by Crippen LogP contribution is -2.14. The zero-order valence-electron chi connectivity index (χ0n) is 9.31. The molecule has 0 amide bonds. The number of hydrogen-bond acceptors (Lipinski definition) is 5. The van der Waals surface area contributed by atoms with Gasteiger partial charge in [-0.1, -0.05) is 11.6 Å². The van der Waals surface area contributed by atoms with Gasteiger partial charge in [0.1, 0.15) is 0 Å². The molecule has 0 radical (unpaired) electrons. The molecule has 4 N–H and O–H groups in total. The van der Waals surface area contributed by atoms with Crippen molar-refractivity contribution in [1.29, 1.82) is 0 Å². The van der Waals surface area contributed by atoms with Crippen LogP contribution in [0, 0.1) is 6.92 Å². The molecule has 0 aliphatic rings. The Balaban J connectivity index is 2.30. The normalized spacial score (nSPS) is 11.4. The molecular weight excluding hydrogens is 278 g/mol. The number of aryl methyl sites for hydroxylation is 1. The smallest absolute Gasteiger partial charge is 0.299 e. The number of benzene rings is 1. The Morgan fingerprint density at radius 1 is 1.44 bits per heavy atom. The van der Waals surface area contributed by atoms with Crippen LogP contribution in [0.25, 0.3) is 0 Å². The lowest BCUT2D eigenvalue weighted by molar-refractivity contribution is 0.593. The monoisotopic (exact) mass is 287 g/mol. The second-order valence-electron chi connectivity index (χ2n) is 3.57. The van der Waals surface area contributed by atoms with Crippen LogP contribution < -0.4 is 10.5 Å². The summed E-state index contributed by atoms with van der Waals surface area (Å²) < 4.78 is 26.1. The van der Waals surface area contributed by atoms with Crippen LogP contribution >= 0.6 is 11.6 Å². The number of nitrogens with two attached hydrogens (primary N) is 1. The van der Waals surface area contributed by atoms with Gasteiger partial charge in [0.05, 0.1) is 0 Å². The second-order valence-corrected chi connectivity index (χ2v) is 5.56. The highest BCUT2D eigenvalue weighted by atomic mass is 35.5. The van der Waals surface area contributed by atoms with Crippen molar-refractivity contribution in [2.45, 2.75) is 12.1 Å². The maximum atomic E-state index is 11.9. The van der Waals surface area contributed by atoms with E-state index in [-0.39, 0.29) is 5.95 Å². The Labute approximate surface area is 108 Å². The fourth-order valence-corrected chi connectivity index (χ4v) is 2.32. The van der Waals surface area contributed by atoms with Crippen molar-refractivity contribution in [2.75, 3.05) is 10.5 Å². The van der Waals surface area contributed by atoms with Crippen LogP contribution in [0.4, 0.5) is 11.6 Å². The number of nitrogens with zero attached hydrogens (tertiary/aromatic N) is 2. The molecule has 0 aliphatic heterocycles. The molecule has 18 heavy (non-hydrogen) atoms. The molecule has 9 heteroatoms. The minimum atomic E-state index is -3.85. The Morgan fingerprint density at radius 3 is 2.72 bits per heavy atom. The van der Waals surface area contributed by atoms with E-state index in [2.05, 4.69) is 19.9 Å². The number of anilines is 2. The molecule has 0 saturated heterocycles. The Morgan fingerprint density at radius 2 is 2.17 bits per heavy atom. The van der Waals surface area contributed by atoms with Gasteiger partial charge in [0.25, 0.3) is 15.2 Å². The number of halogens is 1. The average molecular weight is 288 g/mol. The van der Waals surface area contributed by atoms with E-state index >= 15 is 0 Å². The first-order valence-corrected chi connectivity index (χ1v) is 6.71. The maximum Gasteiger partial charge on any atom is 0.299 e. The molecule has 2 rings (SSSR count). The van der Waals surface area contributed by atoms with Gasteiger partial charge < -0.3 is 5.73 Å². The Kier molecular flexibility index (Phi) is 3.14. The lowest BCUT2D eigenvalue weighted by Gasteiger charge is -2.06.